The highest BCUT2D eigenvalue weighted by atomic mass is 32.2. The summed E-state index contributed by atoms with van der Waals surface area (Å²) in [4.78, 5) is 30.4. The zero-order valence-corrected chi connectivity index (χ0v) is 21.1. The summed E-state index contributed by atoms with van der Waals surface area (Å²) in [6.07, 6.45) is 8.86. The Morgan fingerprint density at radius 3 is 2.73 bits per heavy atom. The highest BCUT2D eigenvalue weighted by Gasteiger charge is 2.36. The SMILES string of the molecule is CCOc1cncc(-c2ccc(C(=O)N[C@H](c3cc(NS(=O)(=O)C4CC4)ccn3)[C@@H]3CCCO3)nc2)n1. The van der Waals surface area contributed by atoms with Gasteiger partial charge in [-0.05, 0) is 56.9 Å². The minimum Gasteiger partial charge on any atom is -0.477 e. The smallest absolute Gasteiger partial charge is 0.270 e. The van der Waals surface area contributed by atoms with E-state index in [4.69, 9.17) is 9.47 Å². The Morgan fingerprint density at radius 2 is 2.03 bits per heavy atom. The van der Waals surface area contributed by atoms with Crippen LogP contribution in [-0.4, -0.2) is 58.8 Å². The lowest BCUT2D eigenvalue weighted by atomic mass is 10.0. The van der Waals surface area contributed by atoms with Gasteiger partial charge in [0, 0.05) is 24.6 Å². The largest absolute Gasteiger partial charge is 0.477 e. The molecule has 12 heteroatoms. The van der Waals surface area contributed by atoms with Crippen LogP contribution in [-0.2, 0) is 14.8 Å². The van der Waals surface area contributed by atoms with E-state index in [1.54, 1.807) is 36.7 Å². The van der Waals surface area contributed by atoms with Crippen molar-refractivity contribution in [3.8, 4) is 17.1 Å². The molecule has 4 heterocycles. The van der Waals surface area contributed by atoms with E-state index in [9.17, 15) is 13.2 Å². The number of amides is 1. The maximum Gasteiger partial charge on any atom is 0.270 e. The average molecular weight is 525 g/mol. The van der Waals surface area contributed by atoms with E-state index in [-0.39, 0.29) is 17.0 Å². The van der Waals surface area contributed by atoms with Gasteiger partial charge in [0.2, 0.25) is 15.9 Å². The second-order valence-electron chi connectivity index (χ2n) is 8.93. The Labute approximate surface area is 215 Å². The number of nitrogens with zero attached hydrogens (tertiary/aromatic N) is 4. The van der Waals surface area contributed by atoms with Crippen molar-refractivity contribution >= 4 is 21.6 Å². The van der Waals surface area contributed by atoms with E-state index in [0.717, 1.165) is 12.8 Å². The second kappa shape index (κ2) is 10.8. The van der Waals surface area contributed by atoms with Crippen molar-refractivity contribution in [2.24, 2.45) is 0 Å². The van der Waals surface area contributed by atoms with Gasteiger partial charge in [-0.25, -0.2) is 13.4 Å². The average Bonchev–Trinajstić information content (AvgIpc) is 3.64. The number of rotatable bonds is 10. The van der Waals surface area contributed by atoms with E-state index >= 15 is 0 Å². The molecule has 0 radical (unpaired) electrons. The second-order valence-corrected chi connectivity index (χ2v) is 10.9. The quantitative estimate of drug-likeness (QED) is 0.409. The Kier molecular flexibility index (Phi) is 7.28. The molecule has 3 aromatic rings. The predicted molar refractivity (Wildman–Crippen MR) is 135 cm³/mol. The van der Waals surface area contributed by atoms with Crippen LogP contribution in [0.4, 0.5) is 5.69 Å². The fourth-order valence-corrected chi connectivity index (χ4v) is 5.51. The van der Waals surface area contributed by atoms with E-state index < -0.39 is 22.0 Å². The number of nitrogens with one attached hydrogen (secondary N) is 2. The maximum absolute atomic E-state index is 13.2. The van der Waals surface area contributed by atoms with Crippen molar-refractivity contribution in [2.75, 3.05) is 17.9 Å². The molecule has 194 valence electrons. The number of carbonyl (C=O) groups is 1. The van der Waals surface area contributed by atoms with Gasteiger partial charge in [0.05, 0.1) is 53.5 Å². The van der Waals surface area contributed by atoms with Gasteiger partial charge in [0.25, 0.3) is 5.91 Å². The molecule has 11 nitrogen and oxygen atoms in total. The molecule has 37 heavy (non-hydrogen) atoms. The van der Waals surface area contributed by atoms with Crippen molar-refractivity contribution in [1.29, 1.82) is 0 Å². The molecule has 1 amide bonds. The normalized spacial score (nSPS) is 18.2. The summed E-state index contributed by atoms with van der Waals surface area (Å²) < 4.78 is 38.7. The lowest BCUT2D eigenvalue weighted by molar-refractivity contribution is 0.0661. The zero-order chi connectivity index (χ0) is 25.8. The Morgan fingerprint density at radius 1 is 1.16 bits per heavy atom. The molecule has 5 rings (SSSR count). The lowest BCUT2D eigenvalue weighted by Crippen LogP contribution is -2.37. The monoisotopic (exact) mass is 524 g/mol. The summed E-state index contributed by atoms with van der Waals surface area (Å²) in [6.45, 7) is 2.93. The van der Waals surface area contributed by atoms with E-state index in [0.29, 0.717) is 54.6 Å². The number of anilines is 1. The van der Waals surface area contributed by atoms with Crippen LogP contribution in [0.5, 0.6) is 5.88 Å². The third-order valence-electron chi connectivity index (χ3n) is 6.14. The molecule has 3 aromatic heterocycles. The minimum absolute atomic E-state index is 0.214. The summed E-state index contributed by atoms with van der Waals surface area (Å²) in [5, 5.41) is 2.64. The number of pyridine rings is 2. The molecule has 1 aliphatic carbocycles. The molecule has 0 bridgehead atoms. The van der Waals surface area contributed by atoms with Crippen molar-refractivity contribution in [2.45, 2.75) is 50.0 Å². The molecule has 0 unspecified atom stereocenters. The molecule has 2 atom stereocenters. The number of aromatic nitrogens is 4. The number of carbonyl (C=O) groups excluding carboxylic acids is 1. The summed E-state index contributed by atoms with van der Waals surface area (Å²) >= 11 is 0. The van der Waals surface area contributed by atoms with Gasteiger partial charge in [-0.1, -0.05) is 0 Å². The van der Waals surface area contributed by atoms with E-state index in [2.05, 4.69) is 30.0 Å². The third kappa shape index (κ3) is 6.03. The molecule has 0 aromatic carbocycles. The van der Waals surface area contributed by atoms with Crippen LogP contribution in [0.3, 0.4) is 0 Å². The molecule has 1 saturated heterocycles. The van der Waals surface area contributed by atoms with Gasteiger partial charge in [-0.15, -0.1) is 0 Å². The number of hydrogen-bond acceptors (Lipinski definition) is 9. The maximum atomic E-state index is 13.2. The van der Waals surface area contributed by atoms with Gasteiger partial charge in [-0.2, -0.15) is 0 Å². The molecular formula is C25H28N6O5S. The molecule has 1 saturated carbocycles. The van der Waals surface area contributed by atoms with Crippen molar-refractivity contribution in [1.82, 2.24) is 25.3 Å². The highest BCUT2D eigenvalue weighted by Crippen LogP contribution is 2.31. The molecular weight excluding hydrogens is 496 g/mol. The molecule has 1 aliphatic heterocycles. The number of ether oxygens (including phenoxy) is 2. The van der Waals surface area contributed by atoms with Gasteiger partial charge in [-0.3, -0.25) is 24.5 Å². The molecule has 2 N–H and O–H groups in total. The van der Waals surface area contributed by atoms with Crippen molar-refractivity contribution < 1.29 is 22.7 Å². The van der Waals surface area contributed by atoms with Crippen LogP contribution in [0.1, 0.15) is 54.8 Å². The molecule has 2 fully saturated rings. The van der Waals surface area contributed by atoms with E-state index in [1.807, 2.05) is 6.92 Å². The number of sulfonamides is 1. The first kappa shape index (κ1) is 25.0. The Bertz CT molecular complexity index is 1360. The van der Waals surface area contributed by atoms with Crippen molar-refractivity contribution in [3.63, 3.8) is 0 Å². The Hall–Kier alpha value is -3.64. The van der Waals surface area contributed by atoms with Gasteiger partial charge in [0.15, 0.2) is 0 Å². The first-order valence-electron chi connectivity index (χ1n) is 12.2. The third-order valence-corrected chi connectivity index (χ3v) is 8.01. The standard InChI is InChI=1S/C25H28N6O5S/c1-2-35-23-15-26-14-21(29-23)16-5-8-19(28-13-16)25(32)30-24(22-4-3-11-36-22)20-12-17(9-10-27-20)31-37(33,34)18-6-7-18/h5,8-10,12-15,18,22,24H,2-4,6-7,11H2,1H3,(H,27,31)(H,30,32)/t22-,24+/m0/s1. The van der Waals surface area contributed by atoms with Crippen LogP contribution in [0.15, 0.2) is 49.1 Å². The van der Waals surface area contributed by atoms with Crippen molar-refractivity contribution in [3.05, 3.63) is 60.4 Å². The first-order valence-corrected chi connectivity index (χ1v) is 13.8. The first-order chi connectivity index (χ1) is 17.9. The van der Waals surface area contributed by atoms with Gasteiger partial charge >= 0.3 is 0 Å². The van der Waals surface area contributed by atoms with Crippen LogP contribution >= 0.6 is 0 Å². The fraction of sp³-hybridized carbons (Fsp3) is 0.400. The molecule has 0 spiro atoms. The summed E-state index contributed by atoms with van der Waals surface area (Å²) in [5.74, 6) is 0.0161. The zero-order valence-electron chi connectivity index (χ0n) is 20.3. The Balaban J connectivity index is 1.34. The fourth-order valence-electron chi connectivity index (χ4n) is 4.13. The topological polar surface area (TPSA) is 145 Å². The van der Waals surface area contributed by atoms with Crippen LogP contribution in [0.2, 0.25) is 0 Å². The van der Waals surface area contributed by atoms with Gasteiger partial charge < -0.3 is 14.8 Å². The summed E-state index contributed by atoms with van der Waals surface area (Å²) in [7, 11) is -3.42. The predicted octanol–water partition coefficient (Wildman–Crippen LogP) is 2.89. The van der Waals surface area contributed by atoms with E-state index in [1.165, 1.54) is 12.4 Å². The summed E-state index contributed by atoms with van der Waals surface area (Å²) in [5.41, 5.74) is 2.41. The number of hydrogen-bond donors (Lipinski definition) is 2. The minimum atomic E-state index is -3.42. The highest BCUT2D eigenvalue weighted by molar-refractivity contribution is 7.93. The van der Waals surface area contributed by atoms with Crippen LogP contribution < -0.4 is 14.8 Å². The molecule has 2 aliphatic rings. The van der Waals surface area contributed by atoms with Crippen LogP contribution in [0, 0.1) is 0 Å². The van der Waals surface area contributed by atoms with Crippen LogP contribution in [0.25, 0.3) is 11.3 Å². The summed E-state index contributed by atoms with van der Waals surface area (Å²) in [6, 6.07) is 6.03. The van der Waals surface area contributed by atoms with Gasteiger partial charge in [0.1, 0.15) is 5.69 Å². The lowest BCUT2D eigenvalue weighted by Gasteiger charge is -2.24.